The standard InChI is InChI=1S/C22H19ClN6O2S2/c1-28-14-24-27-22(28)33-13-19(30)25-17-7-4-6-15(11-17)20(31)26-21-29(9-10-32-21)12-16-5-2-3-8-18(16)23/h2-11,14H,12-13H2,1H3,(H,25,30). The molecule has 0 fully saturated rings. The number of amides is 2. The zero-order valence-corrected chi connectivity index (χ0v) is 19.9. The van der Waals surface area contributed by atoms with Crippen molar-refractivity contribution in [1.29, 1.82) is 0 Å². The molecule has 168 valence electrons. The van der Waals surface area contributed by atoms with Gasteiger partial charge in [0.2, 0.25) is 5.91 Å². The number of anilines is 1. The Morgan fingerprint density at radius 2 is 2.06 bits per heavy atom. The maximum atomic E-state index is 12.8. The van der Waals surface area contributed by atoms with Gasteiger partial charge in [-0.1, -0.05) is 47.6 Å². The Balaban J connectivity index is 1.44. The summed E-state index contributed by atoms with van der Waals surface area (Å²) in [5.74, 6) is -0.429. The lowest BCUT2D eigenvalue weighted by Gasteiger charge is -2.06. The molecule has 0 unspecified atom stereocenters. The highest BCUT2D eigenvalue weighted by molar-refractivity contribution is 7.99. The molecule has 0 aliphatic carbocycles. The summed E-state index contributed by atoms with van der Waals surface area (Å²) in [6.45, 7) is 0.509. The molecule has 4 rings (SSSR count). The number of nitrogens with zero attached hydrogens (tertiary/aromatic N) is 5. The Morgan fingerprint density at radius 1 is 1.21 bits per heavy atom. The molecule has 0 atom stereocenters. The first-order valence-corrected chi connectivity index (χ1v) is 12.1. The molecule has 11 heteroatoms. The molecule has 4 aromatic rings. The van der Waals surface area contributed by atoms with E-state index in [1.165, 1.54) is 23.1 Å². The predicted molar refractivity (Wildman–Crippen MR) is 130 cm³/mol. The van der Waals surface area contributed by atoms with Crippen molar-refractivity contribution >= 4 is 52.2 Å². The summed E-state index contributed by atoms with van der Waals surface area (Å²) >= 11 is 8.91. The van der Waals surface area contributed by atoms with Gasteiger partial charge in [0.25, 0.3) is 5.91 Å². The molecule has 2 heterocycles. The highest BCUT2D eigenvalue weighted by Gasteiger charge is 2.10. The molecule has 0 aliphatic heterocycles. The highest BCUT2D eigenvalue weighted by atomic mass is 35.5. The third kappa shape index (κ3) is 5.98. The normalized spacial score (nSPS) is 11.5. The van der Waals surface area contributed by atoms with Crippen LogP contribution in [0.5, 0.6) is 0 Å². The van der Waals surface area contributed by atoms with E-state index in [-0.39, 0.29) is 11.7 Å². The van der Waals surface area contributed by atoms with Crippen LogP contribution in [-0.2, 0) is 18.4 Å². The average molecular weight is 499 g/mol. The van der Waals surface area contributed by atoms with Crippen LogP contribution in [0, 0.1) is 0 Å². The van der Waals surface area contributed by atoms with E-state index in [0.717, 1.165) is 5.56 Å². The van der Waals surface area contributed by atoms with E-state index in [0.29, 0.717) is 32.8 Å². The van der Waals surface area contributed by atoms with Crippen molar-refractivity contribution in [3.63, 3.8) is 0 Å². The maximum Gasteiger partial charge on any atom is 0.279 e. The van der Waals surface area contributed by atoms with Gasteiger partial charge < -0.3 is 14.5 Å². The van der Waals surface area contributed by atoms with Gasteiger partial charge in [-0.3, -0.25) is 9.59 Å². The van der Waals surface area contributed by atoms with Gasteiger partial charge in [-0.2, -0.15) is 4.99 Å². The second-order valence-corrected chi connectivity index (χ2v) is 9.19. The number of rotatable bonds is 7. The number of carbonyl (C=O) groups excluding carboxylic acids is 2. The van der Waals surface area contributed by atoms with Gasteiger partial charge in [-0.15, -0.1) is 21.5 Å². The Hall–Kier alpha value is -3.21. The first-order chi connectivity index (χ1) is 16.0. The lowest BCUT2D eigenvalue weighted by Crippen LogP contribution is -2.17. The highest BCUT2D eigenvalue weighted by Crippen LogP contribution is 2.17. The molecular formula is C22H19ClN6O2S2. The Kier molecular flexibility index (Phi) is 7.38. The summed E-state index contributed by atoms with van der Waals surface area (Å²) < 4.78 is 3.61. The van der Waals surface area contributed by atoms with E-state index in [2.05, 4.69) is 20.5 Å². The fraction of sp³-hybridized carbons (Fsp3) is 0.136. The van der Waals surface area contributed by atoms with Crippen LogP contribution in [0.25, 0.3) is 0 Å². The van der Waals surface area contributed by atoms with Crippen molar-refractivity contribution in [1.82, 2.24) is 19.3 Å². The van der Waals surface area contributed by atoms with Gasteiger partial charge in [-0.25, -0.2) is 0 Å². The van der Waals surface area contributed by atoms with Crippen LogP contribution in [0.1, 0.15) is 15.9 Å². The van der Waals surface area contributed by atoms with Crippen LogP contribution in [-0.4, -0.2) is 36.9 Å². The molecule has 0 saturated carbocycles. The fourth-order valence-electron chi connectivity index (χ4n) is 2.93. The van der Waals surface area contributed by atoms with Crippen LogP contribution in [0.15, 0.2) is 76.6 Å². The lowest BCUT2D eigenvalue weighted by atomic mass is 10.2. The predicted octanol–water partition coefficient (Wildman–Crippen LogP) is 3.85. The van der Waals surface area contributed by atoms with Crippen LogP contribution < -0.4 is 10.1 Å². The van der Waals surface area contributed by atoms with Crippen molar-refractivity contribution in [2.45, 2.75) is 11.7 Å². The number of thioether (sulfide) groups is 1. The van der Waals surface area contributed by atoms with E-state index < -0.39 is 5.91 Å². The number of nitrogens with one attached hydrogen (secondary N) is 1. The van der Waals surface area contributed by atoms with E-state index in [1.54, 1.807) is 35.2 Å². The zero-order valence-electron chi connectivity index (χ0n) is 17.5. The quantitative estimate of drug-likeness (QED) is 0.390. The van der Waals surface area contributed by atoms with E-state index >= 15 is 0 Å². The van der Waals surface area contributed by atoms with Crippen molar-refractivity contribution in [3.05, 3.63) is 87.4 Å². The lowest BCUT2D eigenvalue weighted by molar-refractivity contribution is -0.113. The fourth-order valence-corrected chi connectivity index (χ4v) is 4.54. The zero-order chi connectivity index (χ0) is 23.2. The number of hydrogen-bond donors (Lipinski definition) is 1. The number of aryl methyl sites for hydroxylation is 1. The minimum absolute atomic E-state index is 0.173. The molecule has 2 amide bonds. The molecule has 0 bridgehead atoms. The summed E-state index contributed by atoms with van der Waals surface area (Å²) in [7, 11) is 1.81. The summed E-state index contributed by atoms with van der Waals surface area (Å²) in [6, 6.07) is 14.3. The largest absolute Gasteiger partial charge is 0.325 e. The second kappa shape index (κ2) is 10.6. The molecule has 0 radical (unpaired) electrons. The van der Waals surface area contributed by atoms with Gasteiger partial charge >= 0.3 is 0 Å². The van der Waals surface area contributed by atoms with Crippen molar-refractivity contribution in [2.24, 2.45) is 12.0 Å². The monoisotopic (exact) mass is 498 g/mol. The number of thiazole rings is 1. The van der Waals surface area contributed by atoms with Gasteiger partial charge in [0.1, 0.15) is 6.33 Å². The van der Waals surface area contributed by atoms with Crippen LogP contribution in [0.4, 0.5) is 5.69 Å². The third-order valence-electron chi connectivity index (χ3n) is 4.55. The van der Waals surface area contributed by atoms with Gasteiger partial charge in [-0.05, 0) is 29.8 Å². The molecule has 0 spiro atoms. The molecule has 0 aliphatic rings. The van der Waals surface area contributed by atoms with Gasteiger partial charge in [0.15, 0.2) is 9.96 Å². The van der Waals surface area contributed by atoms with E-state index in [4.69, 9.17) is 11.6 Å². The minimum atomic E-state index is -0.394. The SMILES string of the molecule is Cn1cnnc1SCC(=O)Nc1cccc(C(=O)N=c2sccn2Cc2ccccc2Cl)c1. The Bertz CT molecular complexity index is 1360. The summed E-state index contributed by atoms with van der Waals surface area (Å²) in [5.41, 5.74) is 1.84. The number of hydrogen-bond acceptors (Lipinski definition) is 6. The third-order valence-corrected chi connectivity index (χ3v) is 6.75. The van der Waals surface area contributed by atoms with Crippen LogP contribution in [0.3, 0.4) is 0 Å². The smallest absolute Gasteiger partial charge is 0.279 e. The average Bonchev–Trinajstić information content (AvgIpc) is 3.42. The second-order valence-electron chi connectivity index (χ2n) is 6.96. The van der Waals surface area contributed by atoms with Gasteiger partial charge in [0, 0.05) is 34.9 Å². The summed E-state index contributed by atoms with van der Waals surface area (Å²) in [4.78, 5) is 29.9. The molecular weight excluding hydrogens is 480 g/mol. The Morgan fingerprint density at radius 3 is 2.85 bits per heavy atom. The molecule has 2 aromatic carbocycles. The summed E-state index contributed by atoms with van der Waals surface area (Å²) in [5, 5.41) is 13.7. The molecule has 8 nitrogen and oxygen atoms in total. The first-order valence-electron chi connectivity index (χ1n) is 9.83. The first kappa shape index (κ1) is 23.0. The molecule has 2 aromatic heterocycles. The number of aromatic nitrogens is 4. The van der Waals surface area contributed by atoms with E-state index in [9.17, 15) is 9.59 Å². The number of carbonyl (C=O) groups is 2. The minimum Gasteiger partial charge on any atom is -0.325 e. The summed E-state index contributed by atoms with van der Waals surface area (Å²) in [6.07, 6.45) is 3.44. The van der Waals surface area contributed by atoms with Crippen molar-refractivity contribution < 1.29 is 9.59 Å². The van der Waals surface area contributed by atoms with Gasteiger partial charge in [0.05, 0.1) is 12.3 Å². The van der Waals surface area contributed by atoms with Crippen LogP contribution in [0.2, 0.25) is 5.02 Å². The number of halogens is 1. The maximum absolute atomic E-state index is 12.8. The van der Waals surface area contributed by atoms with Crippen molar-refractivity contribution in [2.75, 3.05) is 11.1 Å². The molecule has 1 N–H and O–H groups in total. The van der Waals surface area contributed by atoms with E-state index in [1.807, 2.05) is 47.5 Å². The topological polar surface area (TPSA) is 94.2 Å². The molecule has 33 heavy (non-hydrogen) atoms. The Labute approximate surface area is 203 Å². The van der Waals surface area contributed by atoms with Crippen molar-refractivity contribution in [3.8, 4) is 0 Å². The number of benzene rings is 2. The van der Waals surface area contributed by atoms with Crippen LogP contribution >= 0.6 is 34.7 Å². The molecule has 0 saturated heterocycles.